The average molecular weight is 279 g/mol. The molecule has 3 heteroatoms. The molecule has 3 rings (SSSR count). The maximum atomic E-state index is 6.06. The van der Waals surface area contributed by atoms with Crippen molar-refractivity contribution in [2.75, 3.05) is 19.6 Å². The van der Waals surface area contributed by atoms with Crippen molar-refractivity contribution in [3.05, 3.63) is 34.3 Å². The summed E-state index contributed by atoms with van der Waals surface area (Å²) in [7, 11) is 0. The molecule has 1 fully saturated rings. The molecule has 1 heterocycles. The van der Waals surface area contributed by atoms with E-state index in [1.807, 2.05) is 6.07 Å². The third kappa shape index (κ3) is 2.96. The quantitative estimate of drug-likeness (QED) is 0.908. The Balaban J connectivity index is 1.57. The highest BCUT2D eigenvalue weighted by Gasteiger charge is 2.24. The van der Waals surface area contributed by atoms with Gasteiger partial charge in [-0.15, -0.1) is 0 Å². The van der Waals surface area contributed by atoms with Crippen molar-refractivity contribution < 1.29 is 0 Å². The molecule has 0 spiro atoms. The molecular weight excluding hydrogens is 256 g/mol. The fraction of sp³-hybridized carbons (Fsp3) is 0.625. The van der Waals surface area contributed by atoms with Crippen molar-refractivity contribution in [3.63, 3.8) is 0 Å². The fourth-order valence-corrected chi connectivity index (χ4v) is 3.62. The van der Waals surface area contributed by atoms with Crippen LogP contribution in [0.5, 0.6) is 0 Å². The monoisotopic (exact) mass is 278 g/mol. The molecule has 2 aliphatic rings. The van der Waals surface area contributed by atoms with E-state index in [9.17, 15) is 0 Å². The van der Waals surface area contributed by atoms with Crippen molar-refractivity contribution in [1.82, 2.24) is 10.2 Å². The van der Waals surface area contributed by atoms with Crippen LogP contribution in [0.25, 0.3) is 0 Å². The lowest BCUT2D eigenvalue weighted by Crippen LogP contribution is -2.39. The van der Waals surface area contributed by atoms with Crippen molar-refractivity contribution in [2.45, 2.75) is 44.7 Å². The van der Waals surface area contributed by atoms with E-state index in [0.29, 0.717) is 12.1 Å². The molecule has 0 amide bonds. The van der Waals surface area contributed by atoms with Crippen LogP contribution < -0.4 is 5.32 Å². The van der Waals surface area contributed by atoms with Crippen LogP contribution in [0.3, 0.4) is 0 Å². The number of fused-ring (bicyclic) bond motifs is 1. The van der Waals surface area contributed by atoms with Gasteiger partial charge in [-0.25, -0.2) is 0 Å². The highest BCUT2D eigenvalue weighted by molar-refractivity contribution is 6.30. The molecule has 0 radical (unpaired) electrons. The second-order valence-corrected chi connectivity index (χ2v) is 6.37. The molecule has 2 unspecified atom stereocenters. The number of halogens is 1. The zero-order valence-electron chi connectivity index (χ0n) is 11.7. The van der Waals surface area contributed by atoms with Gasteiger partial charge in [-0.2, -0.15) is 0 Å². The first-order valence-corrected chi connectivity index (χ1v) is 7.87. The van der Waals surface area contributed by atoms with Crippen LogP contribution in [0.2, 0.25) is 5.02 Å². The van der Waals surface area contributed by atoms with Gasteiger partial charge in [-0.05, 0) is 69.0 Å². The van der Waals surface area contributed by atoms with E-state index >= 15 is 0 Å². The van der Waals surface area contributed by atoms with E-state index in [4.69, 9.17) is 11.6 Å². The summed E-state index contributed by atoms with van der Waals surface area (Å²) in [6, 6.07) is 7.52. The summed E-state index contributed by atoms with van der Waals surface area (Å²) in [5, 5.41) is 4.61. The summed E-state index contributed by atoms with van der Waals surface area (Å²) < 4.78 is 0. The van der Waals surface area contributed by atoms with Gasteiger partial charge < -0.3 is 5.32 Å². The second-order valence-electron chi connectivity index (χ2n) is 5.93. The largest absolute Gasteiger partial charge is 0.308 e. The number of rotatable bonds is 4. The van der Waals surface area contributed by atoms with E-state index in [1.165, 1.54) is 43.5 Å². The van der Waals surface area contributed by atoms with Crippen molar-refractivity contribution in [1.29, 1.82) is 0 Å². The van der Waals surface area contributed by atoms with Crippen LogP contribution >= 0.6 is 11.6 Å². The molecule has 0 saturated carbocycles. The van der Waals surface area contributed by atoms with Crippen molar-refractivity contribution >= 4 is 11.6 Å². The maximum Gasteiger partial charge on any atom is 0.0408 e. The lowest BCUT2D eigenvalue weighted by Gasteiger charge is -2.26. The highest BCUT2D eigenvalue weighted by Crippen LogP contribution is 2.32. The van der Waals surface area contributed by atoms with Crippen LogP contribution in [0.1, 0.15) is 43.4 Å². The zero-order chi connectivity index (χ0) is 13.2. The third-order valence-electron chi connectivity index (χ3n) is 4.61. The number of nitrogens with one attached hydrogen (secondary N) is 1. The molecule has 1 N–H and O–H groups in total. The highest BCUT2D eigenvalue weighted by atomic mass is 35.5. The van der Waals surface area contributed by atoms with Gasteiger partial charge in [0.05, 0.1) is 0 Å². The van der Waals surface area contributed by atoms with Crippen molar-refractivity contribution in [3.8, 4) is 0 Å². The van der Waals surface area contributed by atoms with E-state index in [2.05, 4.69) is 29.3 Å². The van der Waals surface area contributed by atoms with Gasteiger partial charge in [0, 0.05) is 23.7 Å². The SMILES string of the molecule is CC(CNC1CCc2cc(Cl)ccc21)N1CCCC1. The third-order valence-corrected chi connectivity index (χ3v) is 4.84. The molecule has 1 aliphatic carbocycles. The summed E-state index contributed by atoms with van der Waals surface area (Å²) >= 11 is 6.06. The molecule has 19 heavy (non-hydrogen) atoms. The smallest absolute Gasteiger partial charge is 0.0408 e. The Labute approximate surface area is 121 Å². The predicted octanol–water partition coefficient (Wildman–Crippen LogP) is 3.40. The van der Waals surface area contributed by atoms with Gasteiger partial charge in [-0.3, -0.25) is 4.90 Å². The Morgan fingerprint density at radius 1 is 1.37 bits per heavy atom. The Morgan fingerprint density at radius 2 is 2.16 bits per heavy atom. The number of likely N-dealkylation sites (tertiary alicyclic amines) is 1. The Kier molecular flexibility index (Phi) is 4.11. The summed E-state index contributed by atoms with van der Waals surface area (Å²) in [5.74, 6) is 0. The number of aryl methyl sites for hydroxylation is 1. The van der Waals surface area contributed by atoms with Crippen LogP contribution in [0.15, 0.2) is 18.2 Å². The van der Waals surface area contributed by atoms with Gasteiger partial charge in [0.1, 0.15) is 0 Å². The molecule has 1 saturated heterocycles. The Bertz CT molecular complexity index is 440. The lowest BCUT2D eigenvalue weighted by atomic mass is 10.1. The van der Waals surface area contributed by atoms with Gasteiger partial charge in [-0.1, -0.05) is 17.7 Å². The molecule has 1 aliphatic heterocycles. The molecule has 1 aromatic carbocycles. The van der Waals surface area contributed by atoms with Crippen LogP contribution in [-0.2, 0) is 6.42 Å². The number of nitrogens with zero attached hydrogens (tertiary/aromatic N) is 1. The predicted molar refractivity (Wildman–Crippen MR) is 80.8 cm³/mol. The summed E-state index contributed by atoms with van der Waals surface area (Å²) in [6.45, 7) is 5.99. The Morgan fingerprint density at radius 3 is 2.95 bits per heavy atom. The molecule has 1 aromatic rings. The van der Waals surface area contributed by atoms with Gasteiger partial charge >= 0.3 is 0 Å². The molecule has 2 nitrogen and oxygen atoms in total. The first-order valence-electron chi connectivity index (χ1n) is 7.50. The fourth-order valence-electron chi connectivity index (χ4n) is 3.42. The standard InChI is InChI=1S/C16H23ClN2/c1-12(19-8-2-3-9-19)11-18-16-7-4-13-10-14(17)5-6-15(13)16/h5-6,10,12,16,18H,2-4,7-9,11H2,1H3. The molecule has 0 bridgehead atoms. The van der Waals surface area contributed by atoms with Gasteiger partial charge in [0.25, 0.3) is 0 Å². The average Bonchev–Trinajstić information content (AvgIpc) is 3.05. The second kappa shape index (κ2) is 5.82. The zero-order valence-corrected chi connectivity index (χ0v) is 12.4. The van der Waals surface area contributed by atoms with E-state index < -0.39 is 0 Å². The summed E-state index contributed by atoms with van der Waals surface area (Å²) in [4.78, 5) is 2.60. The topological polar surface area (TPSA) is 15.3 Å². The minimum Gasteiger partial charge on any atom is -0.308 e. The number of hydrogen-bond acceptors (Lipinski definition) is 2. The minimum absolute atomic E-state index is 0.525. The van der Waals surface area contributed by atoms with E-state index in [0.717, 1.165) is 18.0 Å². The van der Waals surface area contributed by atoms with Crippen molar-refractivity contribution in [2.24, 2.45) is 0 Å². The molecule has 0 aromatic heterocycles. The van der Waals surface area contributed by atoms with Crippen LogP contribution in [0.4, 0.5) is 0 Å². The lowest BCUT2D eigenvalue weighted by molar-refractivity contribution is 0.245. The molecule has 104 valence electrons. The van der Waals surface area contributed by atoms with Crippen LogP contribution in [-0.4, -0.2) is 30.6 Å². The Hall–Kier alpha value is -0.570. The van der Waals surface area contributed by atoms with E-state index in [1.54, 1.807) is 0 Å². The van der Waals surface area contributed by atoms with Gasteiger partial charge in [0.15, 0.2) is 0 Å². The van der Waals surface area contributed by atoms with Gasteiger partial charge in [0.2, 0.25) is 0 Å². The number of benzene rings is 1. The minimum atomic E-state index is 0.525. The number of hydrogen-bond donors (Lipinski definition) is 1. The normalized spacial score (nSPS) is 24.6. The first-order chi connectivity index (χ1) is 9.24. The first kappa shape index (κ1) is 13.4. The maximum absolute atomic E-state index is 6.06. The summed E-state index contributed by atoms with van der Waals surface area (Å²) in [5.41, 5.74) is 2.89. The van der Waals surface area contributed by atoms with E-state index in [-0.39, 0.29) is 0 Å². The van der Waals surface area contributed by atoms with Crippen LogP contribution in [0, 0.1) is 0 Å². The molecular formula is C16H23ClN2. The summed E-state index contributed by atoms with van der Waals surface area (Å²) in [6.07, 6.45) is 5.11. The molecule has 2 atom stereocenters.